The number of nitrogens with zero attached hydrogens (tertiary/aromatic N) is 3. The summed E-state index contributed by atoms with van der Waals surface area (Å²) in [5, 5.41) is 0. The van der Waals surface area contributed by atoms with Crippen LogP contribution in [0.4, 0.5) is 13.2 Å². The molecule has 2 aromatic heterocycles. The van der Waals surface area contributed by atoms with Crippen molar-refractivity contribution in [3.63, 3.8) is 0 Å². The average molecular weight is 469 g/mol. The van der Waals surface area contributed by atoms with Crippen molar-refractivity contribution in [1.29, 1.82) is 0 Å². The summed E-state index contributed by atoms with van der Waals surface area (Å²) in [7, 11) is 0. The molecule has 2 aliphatic rings. The lowest BCUT2D eigenvalue weighted by atomic mass is 9.88. The highest BCUT2D eigenvalue weighted by molar-refractivity contribution is 5.60. The van der Waals surface area contributed by atoms with E-state index in [-0.39, 0.29) is 5.56 Å². The summed E-state index contributed by atoms with van der Waals surface area (Å²) in [4.78, 5) is 27.3. The van der Waals surface area contributed by atoms with Crippen LogP contribution in [0.25, 0.3) is 11.3 Å². The average Bonchev–Trinajstić information content (AvgIpc) is 2.85. The van der Waals surface area contributed by atoms with Gasteiger partial charge in [0.1, 0.15) is 5.82 Å². The molecule has 0 amide bonds. The molecule has 1 fully saturated rings. The Morgan fingerprint density at radius 2 is 1.91 bits per heavy atom. The summed E-state index contributed by atoms with van der Waals surface area (Å²) < 4.78 is 39.0. The summed E-state index contributed by atoms with van der Waals surface area (Å²) in [6, 6.07) is 8.81. The van der Waals surface area contributed by atoms with Crippen molar-refractivity contribution in [3.8, 4) is 11.3 Å². The summed E-state index contributed by atoms with van der Waals surface area (Å²) in [6.07, 6.45) is 3.88. The molecular weight excluding hydrogens is 441 g/mol. The number of hydrogen-bond donors (Lipinski definition) is 1. The molecule has 1 aliphatic carbocycles. The molecule has 0 spiro atoms. The molecule has 8 heteroatoms. The molecule has 3 aromatic rings. The van der Waals surface area contributed by atoms with Crippen LogP contribution in [-0.2, 0) is 25.7 Å². The van der Waals surface area contributed by atoms with E-state index in [0.29, 0.717) is 30.3 Å². The lowest BCUT2D eigenvalue weighted by Gasteiger charge is -2.28. The van der Waals surface area contributed by atoms with E-state index in [4.69, 9.17) is 4.98 Å². The predicted molar refractivity (Wildman–Crippen MR) is 123 cm³/mol. The summed E-state index contributed by atoms with van der Waals surface area (Å²) in [5.41, 5.74) is 2.80. The molecule has 0 bridgehead atoms. The van der Waals surface area contributed by atoms with Gasteiger partial charge in [-0.05, 0) is 36.6 Å². The van der Waals surface area contributed by atoms with Crippen molar-refractivity contribution >= 4 is 0 Å². The fraction of sp³-hybridized carbons (Fsp3) is 0.423. The number of aromatic nitrogens is 3. The molecule has 0 unspecified atom stereocenters. The maximum Gasteiger partial charge on any atom is 0.416 e. The van der Waals surface area contributed by atoms with E-state index in [1.54, 1.807) is 18.3 Å². The minimum atomic E-state index is -4.38. The molecule has 1 aromatic carbocycles. The Hall–Kier alpha value is -3.00. The molecule has 1 aliphatic heterocycles. The predicted octanol–water partition coefficient (Wildman–Crippen LogP) is 5.46. The molecule has 5 nitrogen and oxygen atoms in total. The van der Waals surface area contributed by atoms with E-state index in [9.17, 15) is 18.0 Å². The number of fused-ring (bicyclic) bond motifs is 1. The first-order valence-electron chi connectivity index (χ1n) is 11.8. The van der Waals surface area contributed by atoms with E-state index in [2.05, 4.69) is 14.9 Å². The monoisotopic (exact) mass is 468 g/mol. The highest BCUT2D eigenvalue weighted by Gasteiger charge is 2.30. The molecule has 178 valence electrons. The first-order chi connectivity index (χ1) is 16.4. The molecule has 34 heavy (non-hydrogen) atoms. The van der Waals surface area contributed by atoms with Crippen LogP contribution < -0.4 is 5.56 Å². The third-order valence-electron chi connectivity index (χ3n) is 6.87. The van der Waals surface area contributed by atoms with Gasteiger partial charge in [0.15, 0.2) is 0 Å². The van der Waals surface area contributed by atoms with Crippen LogP contribution in [0.2, 0.25) is 0 Å². The number of nitrogens with one attached hydrogen (secondary N) is 1. The highest BCUT2D eigenvalue weighted by atomic mass is 19.4. The zero-order chi connectivity index (χ0) is 23.7. The maximum atomic E-state index is 13.0. The lowest BCUT2D eigenvalue weighted by Crippen LogP contribution is -2.36. The zero-order valence-electron chi connectivity index (χ0n) is 18.9. The Balaban J connectivity index is 1.27. The molecule has 3 heterocycles. The minimum Gasteiger partial charge on any atom is -0.310 e. The van der Waals surface area contributed by atoms with Crippen molar-refractivity contribution in [2.24, 2.45) is 0 Å². The number of aromatic amines is 1. The second-order valence-electron chi connectivity index (χ2n) is 9.30. The maximum absolute atomic E-state index is 13.0. The largest absolute Gasteiger partial charge is 0.416 e. The third-order valence-corrected chi connectivity index (χ3v) is 6.87. The van der Waals surface area contributed by atoms with Crippen LogP contribution in [0.5, 0.6) is 0 Å². The van der Waals surface area contributed by atoms with Crippen LogP contribution in [0.3, 0.4) is 0 Å². The molecule has 5 rings (SSSR count). The van der Waals surface area contributed by atoms with Gasteiger partial charge < -0.3 is 4.98 Å². The van der Waals surface area contributed by atoms with Gasteiger partial charge in [-0.1, -0.05) is 37.5 Å². The second-order valence-corrected chi connectivity index (χ2v) is 9.30. The number of halogens is 3. The van der Waals surface area contributed by atoms with Crippen molar-refractivity contribution in [3.05, 3.63) is 81.2 Å². The van der Waals surface area contributed by atoms with Crippen LogP contribution in [0.15, 0.2) is 47.4 Å². The van der Waals surface area contributed by atoms with E-state index >= 15 is 0 Å². The summed E-state index contributed by atoms with van der Waals surface area (Å²) in [6.45, 7) is 1.93. The van der Waals surface area contributed by atoms with Gasteiger partial charge in [-0.15, -0.1) is 0 Å². The number of pyridine rings is 1. The third kappa shape index (κ3) is 4.92. The number of alkyl halides is 3. The van der Waals surface area contributed by atoms with Crippen molar-refractivity contribution in [2.45, 2.75) is 63.7 Å². The van der Waals surface area contributed by atoms with Gasteiger partial charge >= 0.3 is 6.18 Å². The first kappa shape index (κ1) is 22.8. The Morgan fingerprint density at radius 3 is 2.65 bits per heavy atom. The molecule has 1 N–H and O–H groups in total. The number of benzene rings is 1. The van der Waals surface area contributed by atoms with E-state index in [1.807, 2.05) is 6.07 Å². The van der Waals surface area contributed by atoms with Gasteiger partial charge in [-0.3, -0.25) is 14.7 Å². The SMILES string of the molecule is O=c1[nH]c(C2CCCCC2)nc2c1CN(Cc1ccc(-c3cccc(C(F)(F)F)c3)nc1)CC2. The van der Waals surface area contributed by atoms with E-state index < -0.39 is 11.7 Å². The Labute approximate surface area is 196 Å². The molecule has 1 saturated carbocycles. The highest BCUT2D eigenvalue weighted by Crippen LogP contribution is 2.32. The Morgan fingerprint density at radius 1 is 1.09 bits per heavy atom. The number of H-pyrrole nitrogens is 1. The molecule has 0 saturated heterocycles. The number of rotatable bonds is 4. The van der Waals surface area contributed by atoms with Crippen LogP contribution in [0, 0.1) is 0 Å². The van der Waals surface area contributed by atoms with Crippen molar-refractivity contribution in [2.75, 3.05) is 6.54 Å². The van der Waals surface area contributed by atoms with Crippen molar-refractivity contribution < 1.29 is 13.2 Å². The van der Waals surface area contributed by atoms with Crippen LogP contribution >= 0.6 is 0 Å². The van der Waals surface area contributed by atoms with Gasteiger partial charge in [0.25, 0.3) is 5.56 Å². The van der Waals surface area contributed by atoms with Gasteiger partial charge in [0.05, 0.1) is 22.5 Å². The molecule has 0 atom stereocenters. The van der Waals surface area contributed by atoms with Gasteiger partial charge in [0, 0.05) is 43.7 Å². The molecular formula is C26H27F3N4O. The standard InChI is InChI=1S/C26H27F3N4O/c27-26(28,29)20-8-4-7-19(13-20)22-10-9-17(14-30-22)15-33-12-11-23-21(16-33)25(34)32-24(31-23)18-5-2-1-3-6-18/h4,7-10,13-14,18H,1-3,5-6,11-12,15-16H2,(H,31,32,34). The normalized spacial score (nSPS) is 17.5. The van der Waals surface area contributed by atoms with E-state index in [0.717, 1.165) is 60.6 Å². The Kier molecular flexibility index (Phi) is 6.25. The number of hydrogen-bond acceptors (Lipinski definition) is 4. The Bertz CT molecular complexity index is 1210. The first-order valence-corrected chi connectivity index (χ1v) is 11.8. The topological polar surface area (TPSA) is 61.9 Å². The van der Waals surface area contributed by atoms with Crippen LogP contribution in [0.1, 0.15) is 66.2 Å². The summed E-state index contributed by atoms with van der Waals surface area (Å²) >= 11 is 0. The van der Waals surface area contributed by atoms with Crippen LogP contribution in [-0.4, -0.2) is 26.4 Å². The summed E-state index contributed by atoms with van der Waals surface area (Å²) in [5.74, 6) is 1.22. The fourth-order valence-corrected chi connectivity index (χ4v) is 5.01. The quantitative estimate of drug-likeness (QED) is 0.553. The lowest BCUT2D eigenvalue weighted by molar-refractivity contribution is -0.137. The van der Waals surface area contributed by atoms with Gasteiger partial charge in [-0.2, -0.15) is 13.2 Å². The fourth-order valence-electron chi connectivity index (χ4n) is 5.01. The van der Waals surface area contributed by atoms with Gasteiger partial charge in [0.2, 0.25) is 0 Å². The van der Waals surface area contributed by atoms with Crippen molar-refractivity contribution in [1.82, 2.24) is 19.9 Å². The second kappa shape index (κ2) is 9.33. The van der Waals surface area contributed by atoms with E-state index in [1.165, 1.54) is 25.3 Å². The smallest absolute Gasteiger partial charge is 0.310 e. The molecule has 0 radical (unpaired) electrons. The minimum absolute atomic E-state index is 0.0340. The van der Waals surface area contributed by atoms with Gasteiger partial charge in [-0.25, -0.2) is 4.98 Å². The zero-order valence-corrected chi connectivity index (χ0v) is 18.9.